The average molecular weight is 271 g/mol. The van der Waals surface area contributed by atoms with Crippen LogP contribution in [0, 0.1) is 0 Å². The first-order valence-electron chi connectivity index (χ1n) is 7.21. The number of methoxy groups -OCH3 is 1. The fourth-order valence-electron chi connectivity index (χ4n) is 2.87. The van der Waals surface area contributed by atoms with E-state index in [4.69, 9.17) is 10.5 Å². The van der Waals surface area contributed by atoms with Crippen molar-refractivity contribution in [2.75, 3.05) is 7.11 Å². The predicted octanol–water partition coefficient (Wildman–Crippen LogP) is 3.07. The molecule has 0 unspecified atom stereocenters. The average Bonchev–Trinajstić information content (AvgIpc) is 2.98. The fourth-order valence-corrected chi connectivity index (χ4v) is 2.87. The first-order chi connectivity index (χ1) is 9.76. The lowest BCUT2D eigenvalue weighted by molar-refractivity contribution is 0.386. The number of hydrogen-bond donors (Lipinski definition) is 2. The van der Waals surface area contributed by atoms with E-state index in [2.05, 4.69) is 16.0 Å². The van der Waals surface area contributed by atoms with E-state index < -0.39 is 0 Å². The van der Waals surface area contributed by atoms with E-state index >= 15 is 0 Å². The van der Waals surface area contributed by atoms with Gasteiger partial charge in [0.15, 0.2) is 0 Å². The van der Waals surface area contributed by atoms with Crippen molar-refractivity contribution in [3.05, 3.63) is 36.3 Å². The van der Waals surface area contributed by atoms with Crippen LogP contribution in [-0.4, -0.2) is 23.1 Å². The third kappa shape index (κ3) is 2.70. The Kier molecular flexibility index (Phi) is 3.74. The van der Waals surface area contributed by atoms with Gasteiger partial charge in [0.05, 0.1) is 19.0 Å². The lowest BCUT2D eigenvalue weighted by atomic mass is 9.86. The standard InChI is InChI=1S/C16H21N3O/c1-20-14-4-2-3-12(9-14)15-10-18-16(19-15)11-5-7-13(17)8-6-11/h2-4,9-11,13H,5-8,17H2,1H3,(H,18,19). The maximum atomic E-state index is 5.96. The molecule has 4 nitrogen and oxygen atoms in total. The van der Waals surface area contributed by atoms with Gasteiger partial charge in [-0.05, 0) is 37.8 Å². The second-order valence-electron chi connectivity index (χ2n) is 5.53. The van der Waals surface area contributed by atoms with Gasteiger partial charge in [-0.3, -0.25) is 0 Å². The van der Waals surface area contributed by atoms with Crippen molar-refractivity contribution < 1.29 is 4.74 Å². The molecule has 1 fully saturated rings. The minimum absolute atomic E-state index is 0.374. The number of aromatic nitrogens is 2. The third-order valence-corrected chi connectivity index (χ3v) is 4.13. The van der Waals surface area contributed by atoms with Gasteiger partial charge in [0.25, 0.3) is 0 Å². The number of ether oxygens (including phenoxy) is 1. The highest BCUT2D eigenvalue weighted by atomic mass is 16.5. The summed E-state index contributed by atoms with van der Waals surface area (Å²) in [6.45, 7) is 0. The van der Waals surface area contributed by atoms with Crippen molar-refractivity contribution in [3.63, 3.8) is 0 Å². The van der Waals surface area contributed by atoms with Gasteiger partial charge >= 0.3 is 0 Å². The quantitative estimate of drug-likeness (QED) is 0.901. The molecule has 1 aliphatic carbocycles. The van der Waals surface area contributed by atoms with E-state index in [1.165, 1.54) is 0 Å². The Labute approximate surface area is 119 Å². The minimum Gasteiger partial charge on any atom is -0.497 e. The van der Waals surface area contributed by atoms with Gasteiger partial charge in [0.2, 0.25) is 0 Å². The molecule has 1 aromatic heterocycles. The van der Waals surface area contributed by atoms with Crippen molar-refractivity contribution in [2.24, 2.45) is 5.73 Å². The highest BCUT2D eigenvalue weighted by Crippen LogP contribution is 2.32. The summed E-state index contributed by atoms with van der Waals surface area (Å²) in [7, 11) is 1.68. The zero-order chi connectivity index (χ0) is 13.9. The number of nitrogens with two attached hydrogens (primary N) is 1. The molecule has 4 heteroatoms. The second kappa shape index (κ2) is 5.67. The number of hydrogen-bond acceptors (Lipinski definition) is 3. The van der Waals surface area contributed by atoms with E-state index in [-0.39, 0.29) is 0 Å². The Hall–Kier alpha value is -1.81. The molecule has 3 N–H and O–H groups in total. The van der Waals surface area contributed by atoms with Crippen LogP contribution in [0.5, 0.6) is 5.75 Å². The molecule has 20 heavy (non-hydrogen) atoms. The van der Waals surface area contributed by atoms with E-state index in [0.29, 0.717) is 12.0 Å². The summed E-state index contributed by atoms with van der Waals surface area (Å²) in [4.78, 5) is 8.02. The van der Waals surface area contributed by atoms with Crippen molar-refractivity contribution in [3.8, 4) is 17.0 Å². The lowest BCUT2D eigenvalue weighted by Crippen LogP contribution is -2.26. The molecule has 1 aromatic carbocycles. The molecule has 1 saturated carbocycles. The van der Waals surface area contributed by atoms with Crippen molar-refractivity contribution in [2.45, 2.75) is 37.6 Å². The molecule has 0 saturated heterocycles. The summed E-state index contributed by atoms with van der Waals surface area (Å²) in [6.07, 6.45) is 6.37. The highest BCUT2D eigenvalue weighted by molar-refractivity contribution is 5.60. The predicted molar refractivity (Wildman–Crippen MR) is 79.8 cm³/mol. The molecule has 0 bridgehead atoms. The first kappa shape index (κ1) is 13.2. The van der Waals surface area contributed by atoms with E-state index in [1.54, 1.807) is 7.11 Å². The Morgan fingerprint density at radius 1 is 1.25 bits per heavy atom. The topological polar surface area (TPSA) is 63.9 Å². The van der Waals surface area contributed by atoms with Crippen LogP contribution in [0.2, 0.25) is 0 Å². The molecule has 3 rings (SSSR count). The zero-order valence-electron chi connectivity index (χ0n) is 11.8. The monoisotopic (exact) mass is 271 g/mol. The number of rotatable bonds is 3. The van der Waals surface area contributed by atoms with Gasteiger partial charge in [-0.2, -0.15) is 0 Å². The van der Waals surface area contributed by atoms with Crippen LogP contribution in [0.1, 0.15) is 37.4 Å². The largest absolute Gasteiger partial charge is 0.497 e. The number of nitrogens with zero attached hydrogens (tertiary/aromatic N) is 1. The smallest absolute Gasteiger partial charge is 0.119 e. The molecule has 1 aliphatic rings. The van der Waals surface area contributed by atoms with E-state index in [0.717, 1.165) is 48.5 Å². The van der Waals surface area contributed by atoms with E-state index in [1.807, 2.05) is 24.4 Å². The fraction of sp³-hybridized carbons (Fsp3) is 0.438. The van der Waals surface area contributed by atoms with Gasteiger partial charge in [0, 0.05) is 17.5 Å². The molecular weight excluding hydrogens is 250 g/mol. The van der Waals surface area contributed by atoms with Gasteiger partial charge in [0.1, 0.15) is 11.6 Å². The maximum absolute atomic E-state index is 5.96. The molecule has 2 aromatic rings. The molecule has 0 radical (unpaired) electrons. The SMILES string of the molecule is COc1cccc(-c2cnc(C3CCC(N)CC3)[nH]2)c1. The molecule has 1 heterocycles. The molecule has 106 valence electrons. The van der Waals surface area contributed by atoms with E-state index in [9.17, 15) is 0 Å². The number of benzene rings is 1. The molecule has 0 aliphatic heterocycles. The Balaban J connectivity index is 1.79. The van der Waals surface area contributed by atoms with Crippen molar-refractivity contribution in [1.82, 2.24) is 9.97 Å². The number of nitrogens with one attached hydrogen (secondary N) is 1. The molecule has 0 spiro atoms. The summed E-state index contributed by atoms with van der Waals surface area (Å²) in [6, 6.07) is 8.40. The van der Waals surface area contributed by atoms with Crippen LogP contribution in [0.4, 0.5) is 0 Å². The molecule has 0 atom stereocenters. The number of H-pyrrole nitrogens is 1. The normalized spacial score (nSPS) is 22.7. The molecular formula is C16H21N3O. The van der Waals surface area contributed by atoms with Crippen LogP contribution >= 0.6 is 0 Å². The van der Waals surface area contributed by atoms with Crippen molar-refractivity contribution >= 4 is 0 Å². The van der Waals surface area contributed by atoms with Crippen molar-refractivity contribution in [1.29, 1.82) is 0 Å². The minimum atomic E-state index is 0.374. The summed E-state index contributed by atoms with van der Waals surface area (Å²) >= 11 is 0. The maximum Gasteiger partial charge on any atom is 0.119 e. The Morgan fingerprint density at radius 2 is 2.05 bits per heavy atom. The van der Waals surface area contributed by atoms with Gasteiger partial charge in [-0.1, -0.05) is 12.1 Å². The third-order valence-electron chi connectivity index (χ3n) is 4.13. The first-order valence-corrected chi connectivity index (χ1v) is 7.21. The zero-order valence-corrected chi connectivity index (χ0v) is 11.8. The summed E-state index contributed by atoms with van der Waals surface area (Å²) < 4.78 is 5.26. The van der Waals surface area contributed by atoms with Gasteiger partial charge in [-0.15, -0.1) is 0 Å². The highest BCUT2D eigenvalue weighted by Gasteiger charge is 2.22. The second-order valence-corrected chi connectivity index (χ2v) is 5.53. The molecule has 0 amide bonds. The summed E-state index contributed by atoms with van der Waals surface area (Å²) in [5, 5.41) is 0. The summed E-state index contributed by atoms with van der Waals surface area (Å²) in [5.74, 6) is 2.48. The Morgan fingerprint density at radius 3 is 2.80 bits per heavy atom. The van der Waals surface area contributed by atoms with Crippen LogP contribution in [0.15, 0.2) is 30.5 Å². The van der Waals surface area contributed by atoms with Crippen LogP contribution < -0.4 is 10.5 Å². The van der Waals surface area contributed by atoms with Crippen LogP contribution in [0.3, 0.4) is 0 Å². The van der Waals surface area contributed by atoms with Gasteiger partial charge in [-0.25, -0.2) is 4.98 Å². The van der Waals surface area contributed by atoms with Gasteiger partial charge < -0.3 is 15.5 Å². The number of imidazole rings is 1. The van der Waals surface area contributed by atoms with Crippen LogP contribution in [-0.2, 0) is 0 Å². The Bertz CT molecular complexity index is 571. The number of aromatic amines is 1. The summed E-state index contributed by atoms with van der Waals surface area (Å²) in [5.41, 5.74) is 8.12. The lowest BCUT2D eigenvalue weighted by Gasteiger charge is -2.24. The van der Waals surface area contributed by atoms with Crippen LogP contribution in [0.25, 0.3) is 11.3 Å².